The number of aromatic nitrogens is 3. The lowest BCUT2D eigenvalue weighted by atomic mass is 10.1. The molecule has 7 heteroatoms. The van der Waals surface area contributed by atoms with E-state index >= 15 is 0 Å². The molecule has 0 saturated carbocycles. The van der Waals surface area contributed by atoms with Gasteiger partial charge >= 0.3 is 0 Å². The molecule has 1 aliphatic rings. The van der Waals surface area contributed by atoms with Crippen LogP contribution >= 0.6 is 0 Å². The molecule has 0 aliphatic carbocycles. The Morgan fingerprint density at radius 3 is 3.00 bits per heavy atom. The largest absolute Gasteiger partial charge is 0.354 e. The van der Waals surface area contributed by atoms with Gasteiger partial charge in [0.25, 0.3) is 5.91 Å². The van der Waals surface area contributed by atoms with Crippen LogP contribution in [0.3, 0.4) is 0 Å². The summed E-state index contributed by atoms with van der Waals surface area (Å²) in [5, 5.41) is 5.50. The summed E-state index contributed by atoms with van der Waals surface area (Å²) in [5.74, 6) is 1.22. The van der Waals surface area contributed by atoms with Crippen LogP contribution in [0.1, 0.15) is 35.9 Å². The van der Waals surface area contributed by atoms with Crippen molar-refractivity contribution >= 4 is 11.8 Å². The molecule has 2 aromatic rings. The number of imidazole rings is 1. The van der Waals surface area contributed by atoms with Crippen molar-refractivity contribution in [2.45, 2.75) is 32.2 Å². The molecule has 0 aromatic carbocycles. The summed E-state index contributed by atoms with van der Waals surface area (Å²) in [6.45, 7) is 2.70. The van der Waals surface area contributed by atoms with E-state index in [1.807, 2.05) is 17.7 Å². The first-order chi connectivity index (χ1) is 11.2. The van der Waals surface area contributed by atoms with Gasteiger partial charge in [-0.15, -0.1) is 0 Å². The third-order valence-electron chi connectivity index (χ3n) is 3.88. The molecule has 1 saturated heterocycles. The number of carbonyl (C=O) groups excluding carboxylic acids is 2. The fourth-order valence-electron chi connectivity index (χ4n) is 2.62. The van der Waals surface area contributed by atoms with Gasteiger partial charge in [0.05, 0.1) is 5.56 Å². The van der Waals surface area contributed by atoms with Gasteiger partial charge < -0.3 is 10.6 Å². The Balaban J connectivity index is 1.71. The van der Waals surface area contributed by atoms with Crippen LogP contribution in [0.2, 0.25) is 0 Å². The van der Waals surface area contributed by atoms with Crippen LogP contribution in [0.15, 0.2) is 30.7 Å². The highest BCUT2D eigenvalue weighted by Gasteiger charge is 2.24. The minimum absolute atomic E-state index is 0.125. The average molecular weight is 313 g/mol. The van der Waals surface area contributed by atoms with Crippen molar-refractivity contribution in [1.29, 1.82) is 0 Å². The number of amides is 2. The second kappa shape index (κ2) is 6.60. The Bertz CT molecular complexity index is 708. The molecule has 7 nitrogen and oxygen atoms in total. The molecule has 2 N–H and O–H groups in total. The fourth-order valence-corrected chi connectivity index (χ4v) is 2.62. The topological polar surface area (TPSA) is 88.9 Å². The number of hydrogen-bond donors (Lipinski definition) is 2. The maximum Gasteiger partial charge on any atom is 0.253 e. The number of aryl methyl sites for hydroxylation is 1. The number of hydrogen-bond acceptors (Lipinski definition) is 4. The molecule has 1 aliphatic heterocycles. The molecule has 3 rings (SSSR count). The lowest BCUT2D eigenvalue weighted by Gasteiger charge is -2.22. The Hall–Kier alpha value is -2.70. The van der Waals surface area contributed by atoms with Crippen LogP contribution in [-0.4, -0.2) is 38.9 Å². The lowest BCUT2D eigenvalue weighted by Crippen LogP contribution is -2.50. The molecule has 1 atom stereocenters. The molecule has 0 spiro atoms. The van der Waals surface area contributed by atoms with Crippen molar-refractivity contribution in [1.82, 2.24) is 25.2 Å². The predicted molar refractivity (Wildman–Crippen MR) is 84.2 cm³/mol. The summed E-state index contributed by atoms with van der Waals surface area (Å²) in [6.07, 6.45) is 7.42. The summed E-state index contributed by atoms with van der Waals surface area (Å²) in [6, 6.07) is 3.02. The first-order valence-electron chi connectivity index (χ1n) is 7.76. The first-order valence-corrected chi connectivity index (χ1v) is 7.76. The van der Waals surface area contributed by atoms with Crippen LogP contribution in [0, 0.1) is 0 Å². The summed E-state index contributed by atoms with van der Waals surface area (Å²) in [4.78, 5) is 32.5. The van der Waals surface area contributed by atoms with E-state index in [4.69, 9.17) is 0 Å². The molecular formula is C16H19N5O2. The van der Waals surface area contributed by atoms with Gasteiger partial charge in [0.2, 0.25) is 5.91 Å². The highest BCUT2D eigenvalue weighted by Crippen LogP contribution is 2.10. The number of carbonyl (C=O) groups is 2. The Labute approximate surface area is 134 Å². The van der Waals surface area contributed by atoms with Crippen molar-refractivity contribution in [3.05, 3.63) is 42.1 Å². The number of nitrogens with one attached hydrogen (secondary N) is 2. The van der Waals surface area contributed by atoms with Gasteiger partial charge in [0, 0.05) is 31.6 Å². The Morgan fingerprint density at radius 1 is 1.43 bits per heavy atom. The predicted octanol–water partition coefficient (Wildman–Crippen LogP) is 0.838. The second-order valence-corrected chi connectivity index (χ2v) is 5.43. The van der Waals surface area contributed by atoms with Crippen LogP contribution in [-0.2, 0) is 11.2 Å². The van der Waals surface area contributed by atoms with Crippen LogP contribution in [0.4, 0.5) is 0 Å². The van der Waals surface area contributed by atoms with Gasteiger partial charge in [-0.3, -0.25) is 14.2 Å². The third kappa shape index (κ3) is 3.23. The van der Waals surface area contributed by atoms with E-state index in [1.54, 1.807) is 18.3 Å². The van der Waals surface area contributed by atoms with E-state index in [9.17, 15) is 9.59 Å². The van der Waals surface area contributed by atoms with E-state index in [-0.39, 0.29) is 11.8 Å². The summed E-state index contributed by atoms with van der Waals surface area (Å²) in [5.41, 5.74) is 0.435. The normalized spacial score (nSPS) is 17.6. The van der Waals surface area contributed by atoms with Crippen molar-refractivity contribution in [3.63, 3.8) is 0 Å². The van der Waals surface area contributed by atoms with E-state index in [2.05, 4.69) is 20.6 Å². The van der Waals surface area contributed by atoms with Crippen LogP contribution < -0.4 is 10.6 Å². The molecule has 120 valence electrons. The molecule has 3 heterocycles. The van der Waals surface area contributed by atoms with E-state index in [0.717, 1.165) is 18.7 Å². The monoisotopic (exact) mass is 313 g/mol. The van der Waals surface area contributed by atoms with E-state index in [1.165, 1.54) is 6.20 Å². The quantitative estimate of drug-likeness (QED) is 0.875. The Kier molecular flexibility index (Phi) is 4.36. The van der Waals surface area contributed by atoms with Crippen molar-refractivity contribution < 1.29 is 9.59 Å². The van der Waals surface area contributed by atoms with Gasteiger partial charge in [0.1, 0.15) is 17.7 Å². The number of pyridine rings is 1. The van der Waals surface area contributed by atoms with Gasteiger partial charge in [-0.1, -0.05) is 6.92 Å². The summed E-state index contributed by atoms with van der Waals surface area (Å²) < 4.78 is 1.89. The van der Waals surface area contributed by atoms with E-state index < -0.39 is 6.04 Å². The zero-order valence-corrected chi connectivity index (χ0v) is 13.0. The maximum atomic E-state index is 12.2. The maximum absolute atomic E-state index is 12.2. The summed E-state index contributed by atoms with van der Waals surface area (Å²) in [7, 11) is 0. The molecule has 1 fully saturated rings. The van der Waals surface area contributed by atoms with E-state index in [0.29, 0.717) is 24.3 Å². The molecular weight excluding hydrogens is 294 g/mol. The smallest absolute Gasteiger partial charge is 0.253 e. The number of piperidine rings is 1. The highest BCUT2D eigenvalue weighted by molar-refractivity contribution is 5.97. The highest BCUT2D eigenvalue weighted by atomic mass is 16.2. The molecule has 23 heavy (non-hydrogen) atoms. The SMILES string of the molecule is CCc1nccn1-c1ccc(C(=O)N[C@@H]2CCCNC2=O)cn1. The van der Waals surface area contributed by atoms with Gasteiger partial charge in [-0.05, 0) is 25.0 Å². The van der Waals surface area contributed by atoms with Crippen LogP contribution in [0.25, 0.3) is 5.82 Å². The minimum atomic E-state index is -0.462. The standard InChI is InChI=1S/C16H19N5O2/c1-2-13-17-8-9-21(13)14-6-5-11(10-19-14)15(22)20-12-4-3-7-18-16(12)23/h5-6,8-10,12H,2-4,7H2,1H3,(H,18,23)(H,20,22)/t12-/m1/s1. The van der Waals surface area contributed by atoms with Crippen LogP contribution in [0.5, 0.6) is 0 Å². The number of rotatable bonds is 4. The van der Waals surface area contributed by atoms with Crippen molar-refractivity contribution in [3.8, 4) is 5.82 Å². The zero-order chi connectivity index (χ0) is 16.2. The third-order valence-corrected chi connectivity index (χ3v) is 3.88. The molecule has 2 aromatic heterocycles. The second-order valence-electron chi connectivity index (χ2n) is 5.43. The Morgan fingerprint density at radius 2 is 2.30 bits per heavy atom. The van der Waals surface area contributed by atoms with Crippen molar-refractivity contribution in [2.75, 3.05) is 6.54 Å². The van der Waals surface area contributed by atoms with Gasteiger partial charge in [-0.2, -0.15) is 0 Å². The van der Waals surface area contributed by atoms with Gasteiger partial charge in [-0.25, -0.2) is 9.97 Å². The number of nitrogens with zero attached hydrogens (tertiary/aromatic N) is 3. The molecule has 2 amide bonds. The molecule has 0 bridgehead atoms. The minimum Gasteiger partial charge on any atom is -0.354 e. The van der Waals surface area contributed by atoms with Gasteiger partial charge in [0.15, 0.2) is 0 Å². The first kappa shape index (κ1) is 15.2. The van der Waals surface area contributed by atoms with Crippen molar-refractivity contribution in [2.24, 2.45) is 0 Å². The lowest BCUT2D eigenvalue weighted by molar-refractivity contribution is -0.124. The average Bonchev–Trinajstić information content (AvgIpc) is 3.05. The zero-order valence-electron chi connectivity index (χ0n) is 13.0. The molecule has 0 unspecified atom stereocenters. The molecule has 0 radical (unpaired) electrons. The summed E-state index contributed by atoms with van der Waals surface area (Å²) >= 11 is 0. The fraction of sp³-hybridized carbons (Fsp3) is 0.375.